The second-order valence-electron chi connectivity index (χ2n) is 5.17. The molecule has 0 aliphatic heterocycles. The van der Waals surface area contributed by atoms with Crippen LogP contribution in [0.4, 0.5) is 4.39 Å². The molecule has 0 saturated heterocycles. The van der Waals surface area contributed by atoms with Crippen molar-refractivity contribution in [3.05, 3.63) is 35.1 Å². The number of nitrogens with one attached hydrogen (secondary N) is 1. The molecular weight excluding hydrogens is 201 g/mol. The molecule has 0 spiro atoms. The number of hydrogen-bond acceptors (Lipinski definition) is 1. The van der Waals surface area contributed by atoms with Crippen molar-refractivity contribution in [3.8, 4) is 0 Å². The van der Waals surface area contributed by atoms with Gasteiger partial charge in [0.15, 0.2) is 0 Å². The van der Waals surface area contributed by atoms with E-state index in [-0.39, 0.29) is 5.82 Å². The molecule has 2 unspecified atom stereocenters. The van der Waals surface area contributed by atoms with Crippen molar-refractivity contribution >= 4 is 0 Å². The van der Waals surface area contributed by atoms with Gasteiger partial charge in [-0.2, -0.15) is 0 Å². The van der Waals surface area contributed by atoms with E-state index in [2.05, 4.69) is 19.2 Å². The van der Waals surface area contributed by atoms with E-state index in [0.717, 1.165) is 18.0 Å². The standard InChI is InChI=1S/C14H20FN/c1-9(2)16-8-11-7-14(11)13-5-4-12(15)6-10(13)3/h4-6,9,11,14,16H,7-8H2,1-3H3. The van der Waals surface area contributed by atoms with Gasteiger partial charge in [0.1, 0.15) is 5.82 Å². The molecule has 1 N–H and O–H groups in total. The molecule has 1 fully saturated rings. The van der Waals surface area contributed by atoms with E-state index in [9.17, 15) is 4.39 Å². The van der Waals surface area contributed by atoms with Crippen LogP contribution in [0.5, 0.6) is 0 Å². The smallest absolute Gasteiger partial charge is 0.123 e. The Labute approximate surface area is 97.1 Å². The SMILES string of the molecule is Cc1cc(F)ccc1C1CC1CNC(C)C. The van der Waals surface area contributed by atoms with E-state index < -0.39 is 0 Å². The summed E-state index contributed by atoms with van der Waals surface area (Å²) >= 11 is 0. The Morgan fingerprint density at radius 1 is 1.44 bits per heavy atom. The highest BCUT2D eigenvalue weighted by molar-refractivity contribution is 5.34. The van der Waals surface area contributed by atoms with E-state index in [1.165, 1.54) is 12.0 Å². The summed E-state index contributed by atoms with van der Waals surface area (Å²) in [5, 5.41) is 3.46. The van der Waals surface area contributed by atoms with Gasteiger partial charge in [0.2, 0.25) is 0 Å². The third-order valence-electron chi connectivity index (χ3n) is 3.34. The van der Waals surface area contributed by atoms with Crippen molar-refractivity contribution in [2.45, 2.75) is 39.2 Å². The van der Waals surface area contributed by atoms with Crippen molar-refractivity contribution in [1.29, 1.82) is 0 Å². The summed E-state index contributed by atoms with van der Waals surface area (Å²) in [5.74, 6) is 1.26. The van der Waals surface area contributed by atoms with Crippen molar-refractivity contribution in [2.75, 3.05) is 6.54 Å². The van der Waals surface area contributed by atoms with Crippen LogP contribution in [0.2, 0.25) is 0 Å². The van der Waals surface area contributed by atoms with Crippen molar-refractivity contribution < 1.29 is 4.39 Å². The van der Waals surface area contributed by atoms with Gasteiger partial charge in [-0.3, -0.25) is 0 Å². The monoisotopic (exact) mass is 221 g/mol. The van der Waals surface area contributed by atoms with Crippen molar-refractivity contribution in [2.24, 2.45) is 5.92 Å². The Morgan fingerprint density at radius 3 is 2.81 bits per heavy atom. The highest BCUT2D eigenvalue weighted by atomic mass is 19.1. The zero-order chi connectivity index (χ0) is 11.7. The third kappa shape index (κ3) is 2.62. The fourth-order valence-electron chi connectivity index (χ4n) is 2.30. The maximum atomic E-state index is 13.0. The van der Waals surface area contributed by atoms with E-state index in [1.54, 1.807) is 12.1 Å². The number of hydrogen-bond donors (Lipinski definition) is 1. The second kappa shape index (κ2) is 4.54. The van der Waals surface area contributed by atoms with Gasteiger partial charge in [0, 0.05) is 6.04 Å². The molecule has 88 valence electrons. The number of aryl methyl sites for hydroxylation is 1. The molecule has 0 bridgehead atoms. The lowest BCUT2D eigenvalue weighted by Crippen LogP contribution is -2.25. The van der Waals surface area contributed by atoms with Gasteiger partial charge in [0.25, 0.3) is 0 Å². The van der Waals surface area contributed by atoms with Crippen LogP contribution >= 0.6 is 0 Å². The largest absolute Gasteiger partial charge is 0.314 e. The van der Waals surface area contributed by atoms with Gasteiger partial charge in [-0.25, -0.2) is 4.39 Å². The zero-order valence-corrected chi connectivity index (χ0v) is 10.3. The topological polar surface area (TPSA) is 12.0 Å². The number of rotatable bonds is 4. The first kappa shape index (κ1) is 11.6. The molecule has 1 nitrogen and oxygen atoms in total. The second-order valence-corrected chi connectivity index (χ2v) is 5.17. The van der Waals surface area contributed by atoms with Crippen LogP contribution in [0.25, 0.3) is 0 Å². The Balaban J connectivity index is 1.95. The first-order valence-corrected chi connectivity index (χ1v) is 6.07. The lowest BCUT2D eigenvalue weighted by Gasteiger charge is -2.08. The molecule has 0 aromatic heterocycles. The van der Waals surface area contributed by atoms with Gasteiger partial charge in [0.05, 0.1) is 0 Å². The molecule has 2 heteroatoms. The molecule has 1 saturated carbocycles. The van der Waals surface area contributed by atoms with Crippen LogP contribution in [0, 0.1) is 18.7 Å². The van der Waals surface area contributed by atoms with Crippen LogP contribution in [0.15, 0.2) is 18.2 Å². The van der Waals surface area contributed by atoms with Crippen LogP contribution in [-0.4, -0.2) is 12.6 Å². The maximum Gasteiger partial charge on any atom is 0.123 e. The molecular formula is C14H20FN. The first-order chi connectivity index (χ1) is 7.58. The molecule has 16 heavy (non-hydrogen) atoms. The van der Waals surface area contributed by atoms with Gasteiger partial charge in [-0.1, -0.05) is 19.9 Å². The van der Waals surface area contributed by atoms with Crippen LogP contribution < -0.4 is 5.32 Å². The van der Waals surface area contributed by atoms with E-state index in [0.29, 0.717) is 12.0 Å². The molecule has 1 aliphatic carbocycles. The van der Waals surface area contributed by atoms with Crippen molar-refractivity contribution in [1.82, 2.24) is 5.32 Å². The predicted molar refractivity (Wildman–Crippen MR) is 65.1 cm³/mol. The Hall–Kier alpha value is -0.890. The molecule has 2 rings (SSSR count). The van der Waals surface area contributed by atoms with Gasteiger partial charge in [-0.15, -0.1) is 0 Å². The average Bonchev–Trinajstić information content (AvgIpc) is 2.94. The molecule has 1 aromatic rings. The van der Waals surface area contributed by atoms with E-state index in [4.69, 9.17) is 0 Å². The Kier molecular flexibility index (Phi) is 3.29. The minimum atomic E-state index is -0.126. The van der Waals surface area contributed by atoms with E-state index >= 15 is 0 Å². The third-order valence-corrected chi connectivity index (χ3v) is 3.34. The summed E-state index contributed by atoms with van der Waals surface area (Å²) in [4.78, 5) is 0. The van der Waals surface area contributed by atoms with Gasteiger partial charge >= 0.3 is 0 Å². The number of benzene rings is 1. The summed E-state index contributed by atoms with van der Waals surface area (Å²) in [7, 11) is 0. The van der Waals surface area contributed by atoms with Gasteiger partial charge in [-0.05, 0) is 55.0 Å². The van der Waals surface area contributed by atoms with Crippen LogP contribution in [0.1, 0.15) is 37.3 Å². The number of halogens is 1. The molecule has 0 amide bonds. The Bertz CT molecular complexity index is 373. The van der Waals surface area contributed by atoms with Crippen LogP contribution in [-0.2, 0) is 0 Å². The molecule has 1 aromatic carbocycles. The normalized spacial score (nSPS) is 23.8. The predicted octanol–water partition coefficient (Wildman–Crippen LogP) is 3.24. The lowest BCUT2D eigenvalue weighted by molar-refractivity contribution is 0.554. The zero-order valence-electron chi connectivity index (χ0n) is 10.3. The van der Waals surface area contributed by atoms with Crippen LogP contribution in [0.3, 0.4) is 0 Å². The van der Waals surface area contributed by atoms with Gasteiger partial charge < -0.3 is 5.32 Å². The quantitative estimate of drug-likeness (QED) is 0.823. The summed E-state index contributed by atoms with van der Waals surface area (Å²) in [5.41, 5.74) is 2.43. The van der Waals surface area contributed by atoms with E-state index in [1.807, 2.05) is 13.0 Å². The minimum absolute atomic E-state index is 0.126. The first-order valence-electron chi connectivity index (χ1n) is 6.07. The minimum Gasteiger partial charge on any atom is -0.314 e. The summed E-state index contributed by atoms with van der Waals surface area (Å²) < 4.78 is 13.0. The lowest BCUT2D eigenvalue weighted by atomic mass is 10.0. The summed E-state index contributed by atoms with van der Waals surface area (Å²) in [6, 6.07) is 5.72. The average molecular weight is 221 g/mol. The highest BCUT2D eigenvalue weighted by Gasteiger charge is 2.38. The summed E-state index contributed by atoms with van der Waals surface area (Å²) in [6.07, 6.45) is 1.24. The summed E-state index contributed by atoms with van der Waals surface area (Å²) in [6.45, 7) is 7.42. The highest BCUT2D eigenvalue weighted by Crippen LogP contribution is 2.48. The Morgan fingerprint density at radius 2 is 2.19 bits per heavy atom. The maximum absolute atomic E-state index is 13.0. The molecule has 0 radical (unpaired) electrons. The molecule has 2 atom stereocenters. The van der Waals surface area contributed by atoms with Crippen molar-refractivity contribution in [3.63, 3.8) is 0 Å². The fourth-order valence-corrected chi connectivity index (χ4v) is 2.30. The molecule has 0 heterocycles. The fraction of sp³-hybridized carbons (Fsp3) is 0.571. The molecule has 1 aliphatic rings.